The van der Waals surface area contributed by atoms with Crippen LogP contribution in [-0.2, 0) is 18.6 Å². The topological polar surface area (TPSA) is 72.8 Å². The van der Waals surface area contributed by atoms with Crippen molar-refractivity contribution in [3.63, 3.8) is 0 Å². The Labute approximate surface area is 76.9 Å². The first kappa shape index (κ1) is 12.4. The number of esters is 1. The number of hydrogen-bond donors (Lipinski definition) is 1. The fourth-order valence-electron chi connectivity index (χ4n) is 0.580. The molecule has 13 heavy (non-hydrogen) atoms. The molecule has 1 unspecified atom stereocenters. The van der Waals surface area contributed by atoms with Gasteiger partial charge in [-0.3, -0.25) is 4.57 Å². The Morgan fingerprint density at radius 3 is 2.54 bits per heavy atom. The quantitative estimate of drug-likeness (QED) is 0.428. The molecule has 0 spiro atoms. The van der Waals surface area contributed by atoms with E-state index in [1.54, 1.807) is 6.92 Å². The van der Waals surface area contributed by atoms with Gasteiger partial charge in [-0.25, -0.2) is 4.79 Å². The molecule has 0 aromatic rings. The van der Waals surface area contributed by atoms with Crippen LogP contribution in [0.4, 0.5) is 0 Å². The average Bonchev–Trinajstić information content (AvgIpc) is 2.04. The van der Waals surface area contributed by atoms with Gasteiger partial charge in [-0.05, 0) is 13.8 Å². The minimum atomic E-state index is -3.78. The molecule has 0 aliphatic carbocycles. The third-order valence-electron chi connectivity index (χ3n) is 1.31. The van der Waals surface area contributed by atoms with Gasteiger partial charge in [0.2, 0.25) is 0 Å². The van der Waals surface area contributed by atoms with Gasteiger partial charge in [-0.2, -0.15) is 0 Å². The predicted molar refractivity (Wildman–Crippen MR) is 47.2 cm³/mol. The first-order valence-corrected chi connectivity index (χ1v) is 5.26. The average molecular weight is 208 g/mol. The second-order valence-electron chi connectivity index (χ2n) is 2.24. The summed E-state index contributed by atoms with van der Waals surface area (Å²) in [6.07, 6.45) is 0.952. The summed E-state index contributed by atoms with van der Waals surface area (Å²) in [6, 6.07) is 0. The predicted octanol–water partition coefficient (Wildman–Crippen LogP) is 1.29. The van der Waals surface area contributed by atoms with Gasteiger partial charge in [0, 0.05) is 18.5 Å². The monoisotopic (exact) mass is 208 g/mol. The van der Waals surface area contributed by atoms with E-state index in [-0.39, 0.29) is 11.9 Å². The summed E-state index contributed by atoms with van der Waals surface area (Å²) in [7, 11) is -2.68. The number of rotatable bonds is 4. The van der Waals surface area contributed by atoms with Crippen LogP contribution in [0, 0.1) is 0 Å². The molecule has 1 atom stereocenters. The van der Waals surface area contributed by atoms with Gasteiger partial charge < -0.3 is 14.2 Å². The Kier molecular flexibility index (Phi) is 4.91. The lowest BCUT2D eigenvalue weighted by Gasteiger charge is -2.07. The molecule has 76 valence electrons. The number of allylic oxidation sites excluding steroid dienone is 1. The van der Waals surface area contributed by atoms with Gasteiger partial charge in [0.15, 0.2) is 0 Å². The standard InChI is InChI=1S/C7H13O5P/c1-4-12-7(8)5-6(2)13(9,10)11-3/h5H,4H2,1-3H3,(H,9,10)/b6-5-. The molecule has 6 heteroatoms. The molecule has 0 aliphatic rings. The van der Waals surface area contributed by atoms with Gasteiger partial charge in [-0.15, -0.1) is 0 Å². The Morgan fingerprint density at radius 1 is 1.62 bits per heavy atom. The van der Waals surface area contributed by atoms with E-state index in [2.05, 4.69) is 9.26 Å². The minimum Gasteiger partial charge on any atom is -0.463 e. The summed E-state index contributed by atoms with van der Waals surface area (Å²) in [5.41, 5.74) is 0. The fraction of sp³-hybridized carbons (Fsp3) is 0.571. The normalized spacial score (nSPS) is 16.5. The highest BCUT2D eigenvalue weighted by Gasteiger charge is 2.20. The molecule has 0 saturated carbocycles. The summed E-state index contributed by atoms with van der Waals surface area (Å²) in [4.78, 5) is 19.9. The maximum absolute atomic E-state index is 11.1. The molecule has 5 nitrogen and oxygen atoms in total. The van der Waals surface area contributed by atoms with Crippen molar-refractivity contribution >= 4 is 13.6 Å². The Hall–Kier alpha value is -0.640. The second kappa shape index (κ2) is 5.17. The van der Waals surface area contributed by atoms with Crippen molar-refractivity contribution < 1.29 is 23.5 Å². The van der Waals surface area contributed by atoms with Gasteiger partial charge >= 0.3 is 13.6 Å². The van der Waals surface area contributed by atoms with Gasteiger partial charge in [0.1, 0.15) is 0 Å². The van der Waals surface area contributed by atoms with Crippen molar-refractivity contribution in [3.8, 4) is 0 Å². The fourth-order valence-corrected chi connectivity index (χ4v) is 1.14. The van der Waals surface area contributed by atoms with Crippen LogP contribution in [0.25, 0.3) is 0 Å². The maximum Gasteiger partial charge on any atom is 0.354 e. The van der Waals surface area contributed by atoms with Crippen LogP contribution in [-0.4, -0.2) is 24.6 Å². The van der Waals surface area contributed by atoms with Crippen molar-refractivity contribution in [2.24, 2.45) is 0 Å². The molecule has 0 rings (SSSR count). The molecular weight excluding hydrogens is 195 g/mol. The Balaban J connectivity index is 4.49. The lowest BCUT2D eigenvalue weighted by Crippen LogP contribution is -2.00. The number of carbonyl (C=O) groups excluding carboxylic acids is 1. The SMILES string of the molecule is CCOC(=O)/C=C(/C)P(=O)(O)OC. The van der Waals surface area contributed by atoms with Gasteiger partial charge in [0.25, 0.3) is 0 Å². The number of carbonyl (C=O) groups is 1. The van der Waals surface area contributed by atoms with E-state index in [1.807, 2.05) is 0 Å². The zero-order valence-corrected chi connectivity index (χ0v) is 8.71. The third-order valence-corrected chi connectivity index (χ3v) is 2.82. The highest BCUT2D eigenvalue weighted by atomic mass is 31.2. The van der Waals surface area contributed by atoms with Crippen LogP contribution in [0.3, 0.4) is 0 Å². The lowest BCUT2D eigenvalue weighted by atomic mass is 10.5. The second-order valence-corrected chi connectivity index (χ2v) is 4.35. The van der Waals surface area contributed by atoms with Crippen molar-refractivity contribution in [1.29, 1.82) is 0 Å². The molecule has 0 amide bonds. The molecule has 0 bridgehead atoms. The Morgan fingerprint density at radius 2 is 2.15 bits per heavy atom. The van der Waals surface area contributed by atoms with Gasteiger partial charge in [-0.1, -0.05) is 0 Å². The molecular formula is C7H13O5P. The lowest BCUT2D eigenvalue weighted by molar-refractivity contribution is -0.137. The van der Waals surface area contributed by atoms with Crippen molar-refractivity contribution in [2.45, 2.75) is 13.8 Å². The van der Waals surface area contributed by atoms with Crippen LogP contribution >= 0.6 is 7.60 Å². The molecule has 1 N–H and O–H groups in total. The summed E-state index contributed by atoms with van der Waals surface area (Å²) in [6.45, 7) is 3.21. The number of hydrogen-bond acceptors (Lipinski definition) is 4. The van der Waals surface area contributed by atoms with E-state index in [1.165, 1.54) is 6.92 Å². The first-order chi connectivity index (χ1) is 5.94. The molecule has 0 fully saturated rings. The highest BCUT2D eigenvalue weighted by Crippen LogP contribution is 2.49. The molecule has 0 aromatic carbocycles. The third kappa shape index (κ3) is 4.22. The van der Waals surface area contributed by atoms with Crippen LogP contribution < -0.4 is 0 Å². The van der Waals surface area contributed by atoms with Crippen LogP contribution in [0.2, 0.25) is 0 Å². The van der Waals surface area contributed by atoms with E-state index in [4.69, 9.17) is 4.89 Å². The molecule has 0 saturated heterocycles. The zero-order valence-electron chi connectivity index (χ0n) is 7.81. The van der Waals surface area contributed by atoms with Crippen LogP contribution in [0.1, 0.15) is 13.8 Å². The largest absolute Gasteiger partial charge is 0.463 e. The summed E-state index contributed by atoms with van der Waals surface area (Å²) in [5.74, 6) is -0.647. The highest BCUT2D eigenvalue weighted by molar-refractivity contribution is 7.57. The van der Waals surface area contributed by atoms with Crippen molar-refractivity contribution in [1.82, 2.24) is 0 Å². The maximum atomic E-state index is 11.1. The molecule has 0 aromatic heterocycles. The van der Waals surface area contributed by atoms with E-state index in [0.29, 0.717) is 0 Å². The smallest absolute Gasteiger partial charge is 0.354 e. The number of ether oxygens (including phenoxy) is 1. The molecule has 0 radical (unpaired) electrons. The summed E-state index contributed by atoms with van der Waals surface area (Å²) < 4.78 is 19.9. The van der Waals surface area contributed by atoms with Crippen LogP contribution in [0.15, 0.2) is 11.4 Å². The van der Waals surface area contributed by atoms with E-state index in [0.717, 1.165) is 13.2 Å². The zero-order chi connectivity index (χ0) is 10.5. The first-order valence-electron chi connectivity index (χ1n) is 3.68. The van der Waals surface area contributed by atoms with Crippen molar-refractivity contribution in [2.75, 3.05) is 13.7 Å². The van der Waals surface area contributed by atoms with Gasteiger partial charge in [0.05, 0.1) is 6.61 Å². The minimum absolute atomic E-state index is 0.0338. The Bertz CT molecular complexity index is 258. The summed E-state index contributed by atoms with van der Waals surface area (Å²) in [5, 5.41) is -0.0338. The molecule has 0 aliphatic heterocycles. The van der Waals surface area contributed by atoms with E-state index < -0.39 is 13.6 Å². The molecule has 0 heterocycles. The van der Waals surface area contributed by atoms with Crippen molar-refractivity contribution in [3.05, 3.63) is 11.4 Å². The van der Waals surface area contributed by atoms with E-state index in [9.17, 15) is 9.36 Å². The van der Waals surface area contributed by atoms with Crippen LogP contribution in [0.5, 0.6) is 0 Å². The van der Waals surface area contributed by atoms with E-state index >= 15 is 0 Å². The summed E-state index contributed by atoms with van der Waals surface area (Å²) >= 11 is 0.